The minimum Gasteiger partial charge on any atom is -0.377 e. The van der Waals surface area contributed by atoms with Crippen molar-refractivity contribution >= 4 is 11.0 Å². The Balaban J connectivity index is 2.34. The Labute approximate surface area is 127 Å². The molecule has 0 spiro atoms. The quantitative estimate of drug-likeness (QED) is 0.852. The maximum absolute atomic E-state index is 5.88. The molecule has 116 valence electrons. The van der Waals surface area contributed by atoms with Crippen molar-refractivity contribution in [3.63, 3.8) is 0 Å². The highest BCUT2D eigenvalue weighted by Crippen LogP contribution is 2.27. The van der Waals surface area contributed by atoms with Gasteiger partial charge in [0, 0.05) is 26.6 Å². The van der Waals surface area contributed by atoms with Gasteiger partial charge in [-0.3, -0.25) is 0 Å². The topological polar surface area (TPSA) is 39.1 Å². The lowest BCUT2D eigenvalue weighted by Crippen LogP contribution is -2.51. The first-order chi connectivity index (χ1) is 10.1. The van der Waals surface area contributed by atoms with Crippen LogP contribution >= 0.6 is 0 Å². The third-order valence-electron chi connectivity index (χ3n) is 4.85. The molecule has 0 radical (unpaired) electrons. The highest BCUT2D eigenvalue weighted by atomic mass is 16.5. The predicted octanol–water partition coefficient (Wildman–Crippen LogP) is 2.91. The minimum absolute atomic E-state index is 0.146. The lowest BCUT2D eigenvalue weighted by molar-refractivity contribution is -0.0459. The Morgan fingerprint density at radius 1 is 1.29 bits per heavy atom. The van der Waals surface area contributed by atoms with Gasteiger partial charge in [0.2, 0.25) is 0 Å². The number of hydrogen-bond acceptors (Lipinski definition) is 3. The van der Waals surface area contributed by atoms with E-state index in [1.165, 1.54) is 5.52 Å². The normalized spacial score (nSPS) is 13.8. The van der Waals surface area contributed by atoms with E-state index in [1.807, 2.05) is 20.2 Å². The lowest BCUT2D eigenvalue weighted by Gasteiger charge is -2.38. The number of aryl methyl sites for hydroxylation is 1. The molecule has 1 aromatic carbocycles. The molecule has 0 fully saturated rings. The smallest absolute Gasteiger partial charge is 0.111 e. The summed E-state index contributed by atoms with van der Waals surface area (Å²) in [6, 6.07) is 8.51. The van der Waals surface area contributed by atoms with Crippen LogP contribution < -0.4 is 5.32 Å². The molecule has 2 rings (SSSR count). The van der Waals surface area contributed by atoms with E-state index in [0.29, 0.717) is 0 Å². The number of hydrogen-bond donors (Lipinski definition) is 1. The molecule has 4 nitrogen and oxygen atoms in total. The molecule has 0 aliphatic rings. The summed E-state index contributed by atoms with van der Waals surface area (Å²) in [4.78, 5) is 4.78. The maximum Gasteiger partial charge on any atom is 0.111 e. The summed E-state index contributed by atoms with van der Waals surface area (Å²) in [5, 5.41) is 3.44. The monoisotopic (exact) mass is 289 g/mol. The van der Waals surface area contributed by atoms with Crippen LogP contribution in [0, 0.1) is 0 Å². The average Bonchev–Trinajstić information content (AvgIpc) is 2.85. The molecule has 1 atom stereocenters. The van der Waals surface area contributed by atoms with E-state index in [-0.39, 0.29) is 11.6 Å². The number of aromatic nitrogens is 2. The number of rotatable bonds is 7. The van der Waals surface area contributed by atoms with Crippen LogP contribution in [0.15, 0.2) is 24.3 Å². The van der Waals surface area contributed by atoms with Gasteiger partial charge in [0.1, 0.15) is 5.82 Å². The van der Waals surface area contributed by atoms with Crippen LogP contribution in [0.1, 0.15) is 32.5 Å². The van der Waals surface area contributed by atoms with Gasteiger partial charge in [0.05, 0.1) is 16.6 Å². The summed E-state index contributed by atoms with van der Waals surface area (Å²) >= 11 is 0. The van der Waals surface area contributed by atoms with E-state index < -0.39 is 0 Å². The van der Waals surface area contributed by atoms with Gasteiger partial charge >= 0.3 is 0 Å². The molecule has 0 aliphatic carbocycles. The zero-order valence-corrected chi connectivity index (χ0v) is 13.8. The van der Waals surface area contributed by atoms with Gasteiger partial charge in [0.15, 0.2) is 0 Å². The predicted molar refractivity (Wildman–Crippen MR) is 87.6 cm³/mol. The Hall–Kier alpha value is -1.39. The van der Waals surface area contributed by atoms with Crippen LogP contribution in [-0.2, 0) is 18.2 Å². The molecule has 0 amide bonds. The summed E-state index contributed by atoms with van der Waals surface area (Å²) < 4.78 is 8.06. The Morgan fingerprint density at radius 2 is 1.95 bits per heavy atom. The van der Waals surface area contributed by atoms with Gasteiger partial charge in [-0.1, -0.05) is 26.0 Å². The fourth-order valence-corrected chi connectivity index (χ4v) is 3.29. The molecule has 0 aliphatic heterocycles. The number of benzene rings is 1. The first-order valence-corrected chi connectivity index (χ1v) is 7.74. The molecule has 0 bridgehead atoms. The van der Waals surface area contributed by atoms with Crippen molar-refractivity contribution < 1.29 is 4.74 Å². The van der Waals surface area contributed by atoms with E-state index in [9.17, 15) is 0 Å². The molecular formula is C17H27N3O. The number of nitrogens with zero attached hydrogens (tertiary/aromatic N) is 2. The second-order valence-corrected chi connectivity index (χ2v) is 5.60. The number of imidazole rings is 1. The van der Waals surface area contributed by atoms with Crippen LogP contribution in [0.5, 0.6) is 0 Å². The molecular weight excluding hydrogens is 262 g/mol. The molecule has 4 heteroatoms. The maximum atomic E-state index is 5.88. The highest BCUT2D eigenvalue weighted by molar-refractivity contribution is 5.75. The van der Waals surface area contributed by atoms with Crippen molar-refractivity contribution in [2.45, 2.75) is 44.8 Å². The Morgan fingerprint density at radius 3 is 2.48 bits per heavy atom. The van der Waals surface area contributed by atoms with Crippen molar-refractivity contribution in [1.29, 1.82) is 0 Å². The third kappa shape index (κ3) is 2.83. The van der Waals surface area contributed by atoms with Crippen LogP contribution in [-0.4, -0.2) is 35.4 Å². The zero-order chi connectivity index (χ0) is 15.5. The van der Waals surface area contributed by atoms with Crippen molar-refractivity contribution in [2.24, 2.45) is 7.05 Å². The number of ether oxygens (including phenoxy) is 1. The summed E-state index contributed by atoms with van der Waals surface area (Å²) in [7, 11) is 5.91. The van der Waals surface area contributed by atoms with Crippen LogP contribution in [0.4, 0.5) is 0 Å². The molecule has 1 heterocycles. The second-order valence-electron chi connectivity index (χ2n) is 5.60. The molecule has 2 aromatic rings. The number of fused-ring (bicyclic) bond motifs is 1. The number of para-hydroxylation sites is 2. The summed E-state index contributed by atoms with van der Waals surface area (Å²) in [5.41, 5.74) is 2.09. The van der Waals surface area contributed by atoms with Crippen LogP contribution in [0.2, 0.25) is 0 Å². The first kappa shape index (κ1) is 16.0. The number of likely N-dealkylation sites (N-methyl/N-ethyl adjacent to an activating group) is 1. The fourth-order valence-electron chi connectivity index (χ4n) is 3.29. The van der Waals surface area contributed by atoms with E-state index in [1.54, 1.807) is 0 Å². The van der Waals surface area contributed by atoms with Crippen molar-refractivity contribution in [3.8, 4) is 0 Å². The number of methoxy groups -OCH3 is 1. The third-order valence-corrected chi connectivity index (χ3v) is 4.85. The first-order valence-electron chi connectivity index (χ1n) is 7.74. The molecule has 1 unspecified atom stereocenters. The van der Waals surface area contributed by atoms with Gasteiger partial charge in [-0.05, 0) is 32.0 Å². The Bertz CT molecular complexity index is 578. The highest BCUT2D eigenvalue weighted by Gasteiger charge is 2.35. The van der Waals surface area contributed by atoms with E-state index in [0.717, 1.165) is 30.6 Å². The molecule has 0 saturated carbocycles. The summed E-state index contributed by atoms with van der Waals surface area (Å²) in [5.74, 6) is 1.10. The van der Waals surface area contributed by atoms with Gasteiger partial charge in [-0.2, -0.15) is 0 Å². The van der Waals surface area contributed by atoms with E-state index >= 15 is 0 Å². The molecule has 1 aromatic heterocycles. The van der Waals surface area contributed by atoms with Crippen molar-refractivity contribution in [3.05, 3.63) is 30.1 Å². The zero-order valence-electron chi connectivity index (χ0n) is 13.8. The standard InChI is InChI=1S/C17H27N3O/c1-6-17(7-2,21-5)15(18-3)12-16-19-13-10-8-9-11-14(13)20(16)4/h8-11,15,18H,6-7,12H2,1-5H3. The van der Waals surface area contributed by atoms with E-state index in [2.05, 4.69) is 49.0 Å². The Kier molecular flexibility index (Phi) is 5.01. The fraction of sp³-hybridized carbons (Fsp3) is 0.588. The van der Waals surface area contributed by atoms with Gasteiger partial charge in [-0.25, -0.2) is 4.98 Å². The minimum atomic E-state index is -0.146. The second kappa shape index (κ2) is 6.58. The molecule has 21 heavy (non-hydrogen) atoms. The lowest BCUT2D eigenvalue weighted by atomic mass is 9.86. The van der Waals surface area contributed by atoms with Crippen molar-refractivity contribution in [1.82, 2.24) is 14.9 Å². The van der Waals surface area contributed by atoms with Gasteiger partial charge < -0.3 is 14.6 Å². The SMILES string of the molecule is CCC(CC)(OC)C(Cc1nc2ccccc2n1C)NC. The molecule has 0 saturated heterocycles. The van der Waals surface area contributed by atoms with Gasteiger partial charge in [0.25, 0.3) is 0 Å². The van der Waals surface area contributed by atoms with E-state index in [4.69, 9.17) is 9.72 Å². The van der Waals surface area contributed by atoms with Gasteiger partial charge in [-0.15, -0.1) is 0 Å². The largest absolute Gasteiger partial charge is 0.377 e. The summed E-state index contributed by atoms with van der Waals surface area (Å²) in [6.07, 6.45) is 2.82. The van der Waals surface area contributed by atoms with Crippen LogP contribution in [0.3, 0.4) is 0 Å². The molecule has 1 N–H and O–H groups in total. The number of nitrogens with one attached hydrogen (secondary N) is 1. The summed E-state index contributed by atoms with van der Waals surface area (Å²) in [6.45, 7) is 4.37. The van der Waals surface area contributed by atoms with Crippen molar-refractivity contribution in [2.75, 3.05) is 14.2 Å². The van der Waals surface area contributed by atoms with Crippen LogP contribution in [0.25, 0.3) is 11.0 Å². The average molecular weight is 289 g/mol.